The Kier molecular flexibility index (Phi) is 17.7. The summed E-state index contributed by atoms with van der Waals surface area (Å²) in [6, 6.07) is 23.8. The maximum absolute atomic E-state index is 14.2. The van der Waals surface area contributed by atoms with Gasteiger partial charge in [-0.1, -0.05) is 117 Å². The van der Waals surface area contributed by atoms with Gasteiger partial charge < -0.3 is 9.47 Å². The van der Waals surface area contributed by atoms with Crippen molar-refractivity contribution in [2.75, 3.05) is 13.7 Å². The Bertz CT molecular complexity index is 2000. The van der Waals surface area contributed by atoms with Gasteiger partial charge in [0, 0.05) is 11.8 Å². The molecule has 6 rings (SSSR count). The van der Waals surface area contributed by atoms with Crippen LogP contribution in [0.1, 0.15) is 149 Å². The minimum Gasteiger partial charge on any atom is -0.494 e. The predicted octanol–water partition coefficient (Wildman–Crippen LogP) is 14.2. The van der Waals surface area contributed by atoms with Crippen LogP contribution in [0.4, 0.5) is 17.6 Å². The molecule has 0 unspecified atom stereocenters. The highest BCUT2D eigenvalue weighted by Gasteiger charge is 2.23. The van der Waals surface area contributed by atoms with E-state index in [0.29, 0.717) is 18.4 Å². The van der Waals surface area contributed by atoms with E-state index >= 15 is 0 Å². The van der Waals surface area contributed by atoms with Crippen LogP contribution in [0.5, 0.6) is 11.5 Å². The highest BCUT2D eigenvalue weighted by Crippen LogP contribution is 2.37. The summed E-state index contributed by atoms with van der Waals surface area (Å²) in [5, 5.41) is 0. The lowest BCUT2D eigenvalue weighted by Crippen LogP contribution is -2.12. The highest BCUT2D eigenvalue weighted by molar-refractivity contribution is 5.42. The standard InChI is InChI=1S/C28H34F2O.C24H26F2O/c1-3-4-5-6-7-8-21-9-14-23(15-10-21)24-16-11-22(12-17-24)13-18-25-19-20-26(31-2)28(30)27(25)29;1-3-16-27-22-15-14-21(23(25)24(22)26)13-8-18-6-11-20(12-7-18)19-9-4-17(2)5-10-19/h9-10,14-15,19-20,22,24H,3-8,11-12,16-17H2,1-2H3;4-5,9-10,14-15,18,20H,3,6-7,11-12,16H2,1-2H3. The van der Waals surface area contributed by atoms with Gasteiger partial charge in [0.15, 0.2) is 23.1 Å². The van der Waals surface area contributed by atoms with Crippen LogP contribution < -0.4 is 9.47 Å². The van der Waals surface area contributed by atoms with Gasteiger partial charge in [-0.3, -0.25) is 0 Å². The Morgan fingerprint density at radius 2 is 1.02 bits per heavy atom. The van der Waals surface area contributed by atoms with E-state index in [1.165, 1.54) is 92.2 Å². The molecule has 0 bridgehead atoms. The van der Waals surface area contributed by atoms with Crippen LogP contribution in [0, 0.1) is 65.7 Å². The SMILES string of the molecule is CCCCCCCc1ccc(C2CCC(C#Cc3ccc(OC)c(F)c3F)CC2)cc1.CCCOc1ccc(C#CC2CCC(c3ccc(C)cc3)CC2)c(F)c1F. The molecule has 2 aliphatic carbocycles. The maximum Gasteiger partial charge on any atom is 0.201 e. The largest absolute Gasteiger partial charge is 0.494 e. The Labute approximate surface area is 345 Å². The van der Waals surface area contributed by atoms with E-state index in [2.05, 4.69) is 86.1 Å². The van der Waals surface area contributed by atoms with E-state index in [1.807, 2.05) is 6.92 Å². The summed E-state index contributed by atoms with van der Waals surface area (Å²) < 4.78 is 66.2. The van der Waals surface area contributed by atoms with Gasteiger partial charge in [0.2, 0.25) is 11.6 Å². The van der Waals surface area contributed by atoms with E-state index in [-0.39, 0.29) is 34.5 Å². The average Bonchev–Trinajstić information content (AvgIpc) is 3.25. The molecule has 0 N–H and O–H groups in total. The van der Waals surface area contributed by atoms with Crippen LogP contribution >= 0.6 is 0 Å². The Balaban J connectivity index is 0.000000223. The first-order valence-electron chi connectivity index (χ1n) is 21.5. The predicted molar refractivity (Wildman–Crippen MR) is 228 cm³/mol. The summed E-state index contributed by atoms with van der Waals surface area (Å²) in [7, 11) is 1.32. The smallest absolute Gasteiger partial charge is 0.201 e. The number of halogens is 4. The molecule has 0 saturated heterocycles. The van der Waals surface area contributed by atoms with Gasteiger partial charge in [0.25, 0.3) is 0 Å². The summed E-state index contributed by atoms with van der Waals surface area (Å²) >= 11 is 0. The van der Waals surface area contributed by atoms with E-state index in [9.17, 15) is 17.6 Å². The summed E-state index contributed by atoms with van der Waals surface area (Å²) in [5.74, 6) is 9.76. The first-order valence-corrected chi connectivity index (χ1v) is 21.5. The van der Waals surface area contributed by atoms with E-state index in [0.717, 1.165) is 57.8 Å². The third-order valence-electron chi connectivity index (χ3n) is 11.6. The minimum absolute atomic E-state index is 0.0430. The first-order chi connectivity index (χ1) is 28.2. The van der Waals surface area contributed by atoms with Gasteiger partial charge in [-0.25, -0.2) is 8.78 Å². The number of unbranched alkanes of at least 4 members (excludes halogenated alkanes) is 4. The lowest BCUT2D eigenvalue weighted by Gasteiger charge is -2.26. The summed E-state index contributed by atoms with van der Waals surface area (Å²) in [6.07, 6.45) is 16.8. The number of ether oxygens (including phenoxy) is 2. The minimum atomic E-state index is -0.970. The average molecular weight is 793 g/mol. The van der Waals surface area contributed by atoms with Crippen molar-refractivity contribution in [2.45, 2.75) is 129 Å². The Morgan fingerprint density at radius 3 is 1.52 bits per heavy atom. The van der Waals surface area contributed by atoms with Crippen LogP contribution in [0.2, 0.25) is 0 Å². The van der Waals surface area contributed by atoms with Gasteiger partial charge in [-0.05, 0) is 130 Å². The van der Waals surface area contributed by atoms with Gasteiger partial charge in [0.05, 0.1) is 24.8 Å². The summed E-state index contributed by atoms with van der Waals surface area (Å²) in [4.78, 5) is 0. The van der Waals surface area contributed by atoms with Crippen molar-refractivity contribution < 1.29 is 27.0 Å². The second-order valence-corrected chi connectivity index (χ2v) is 16.0. The second-order valence-electron chi connectivity index (χ2n) is 16.0. The molecule has 6 heteroatoms. The fraction of sp³-hybridized carbons (Fsp3) is 0.462. The number of aryl methyl sites for hydroxylation is 2. The van der Waals surface area contributed by atoms with Gasteiger partial charge in [-0.2, -0.15) is 8.78 Å². The molecule has 0 amide bonds. The Hall–Kier alpha value is -4.68. The highest BCUT2D eigenvalue weighted by atomic mass is 19.2. The van der Waals surface area contributed by atoms with Crippen molar-refractivity contribution in [2.24, 2.45) is 11.8 Å². The molecular weight excluding hydrogens is 733 g/mol. The fourth-order valence-corrected chi connectivity index (χ4v) is 7.97. The Morgan fingerprint density at radius 1 is 0.534 bits per heavy atom. The summed E-state index contributed by atoms with van der Waals surface area (Å²) in [5.41, 5.74) is 5.74. The molecule has 0 aromatic heterocycles. The number of benzene rings is 4. The molecule has 0 radical (unpaired) electrons. The third-order valence-corrected chi connectivity index (χ3v) is 11.6. The van der Waals surface area contributed by atoms with E-state index in [1.54, 1.807) is 0 Å². The van der Waals surface area contributed by atoms with E-state index in [4.69, 9.17) is 9.47 Å². The molecule has 2 aliphatic rings. The molecule has 0 aliphatic heterocycles. The van der Waals surface area contributed by atoms with Gasteiger partial charge in [-0.15, -0.1) is 0 Å². The van der Waals surface area contributed by atoms with Crippen molar-refractivity contribution >= 4 is 0 Å². The number of hydrogen-bond donors (Lipinski definition) is 0. The zero-order valence-electron chi connectivity index (χ0n) is 34.9. The molecule has 0 atom stereocenters. The number of hydrogen-bond acceptors (Lipinski definition) is 2. The van der Waals surface area contributed by atoms with Gasteiger partial charge >= 0.3 is 0 Å². The monoisotopic (exact) mass is 792 g/mol. The zero-order valence-corrected chi connectivity index (χ0v) is 34.9. The number of rotatable bonds is 12. The van der Waals surface area contributed by atoms with Crippen molar-refractivity contribution in [3.8, 4) is 35.2 Å². The molecule has 0 spiro atoms. The molecule has 4 aromatic rings. The molecule has 2 saturated carbocycles. The zero-order chi connectivity index (χ0) is 41.3. The molecule has 4 aromatic carbocycles. The van der Waals surface area contributed by atoms with Crippen molar-refractivity contribution in [3.05, 3.63) is 129 Å². The van der Waals surface area contributed by atoms with Crippen LogP contribution in [-0.4, -0.2) is 13.7 Å². The number of methoxy groups -OCH3 is 1. The summed E-state index contributed by atoms with van der Waals surface area (Å²) in [6.45, 7) is 6.63. The first kappa shape index (κ1) is 44.4. The molecule has 2 fully saturated rings. The lowest BCUT2D eigenvalue weighted by atomic mass is 9.78. The normalized spacial score (nSPS) is 18.8. The molecule has 2 nitrogen and oxygen atoms in total. The lowest BCUT2D eigenvalue weighted by molar-refractivity contribution is 0.295. The third kappa shape index (κ3) is 12.9. The van der Waals surface area contributed by atoms with Gasteiger partial charge in [0.1, 0.15) is 0 Å². The van der Waals surface area contributed by atoms with Crippen molar-refractivity contribution in [1.29, 1.82) is 0 Å². The second kappa shape index (κ2) is 23.0. The van der Waals surface area contributed by atoms with Crippen molar-refractivity contribution in [1.82, 2.24) is 0 Å². The fourth-order valence-electron chi connectivity index (χ4n) is 7.97. The van der Waals surface area contributed by atoms with Crippen LogP contribution in [0.15, 0.2) is 72.8 Å². The maximum atomic E-state index is 14.2. The van der Waals surface area contributed by atoms with Crippen molar-refractivity contribution in [3.63, 3.8) is 0 Å². The van der Waals surface area contributed by atoms with Crippen LogP contribution in [-0.2, 0) is 6.42 Å². The topological polar surface area (TPSA) is 18.5 Å². The molecular formula is C52H60F4O2. The molecule has 0 heterocycles. The molecule has 308 valence electrons. The van der Waals surface area contributed by atoms with Crippen LogP contribution in [0.3, 0.4) is 0 Å². The van der Waals surface area contributed by atoms with Crippen LogP contribution in [0.25, 0.3) is 0 Å². The molecule has 58 heavy (non-hydrogen) atoms. The van der Waals surface area contributed by atoms with E-state index < -0.39 is 23.3 Å². The quantitative estimate of drug-likeness (QED) is 0.0808.